The van der Waals surface area contributed by atoms with E-state index in [4.69, 9.17) is 0 Å². The molecule has 0 aromatic heterocycles. The van der Waals surface area contributed by atoms with E-state index in [2.05, 4.69) is 21.2 Å². The van der Waals surface area contributed by atoms with Gasteiger partial charge in [-0.15, -0.1) is 0 Å². The minimum atomic E-state index is -0.403. The summed E-state index contributed by atoms with van der Waals surface area (Å²) >= 11 is 3.38. The van der Waals surface area contributed by atoms with E-state index in [-0.39, 0.29) is 18.1 Å². The van der Waals surface area contributed by atoms with Crippen LogP contribution in [0.1, 0.15) is 11.1 Å². The third-order valence-corrected chi connectivity index (χ3v) is 5.07. The molecular formula is C23H17BrN2O2. The minimum absolute atomic E-state index is 0.238. The van der Waals surface area contributed by atoms with Gasteiger partial charge in [0.15, 0.2) is 0 Å². The second kappa shape index (κ2) is 7.82. The van der Waals surface area contributed by atoms with E-state index in [9.17, 15) is 9.59 Å². The van der Waals surface area contributed by atoms with Gasteiger partial charge in [0.1, 0.15) is 5.70 Å². The van der Waals surface area contributed by atoms with Crippen molar-refractivity contribution < 1.29 is 9.59 Å². The number of imide groups is 1. The first-order valence-electron chi connectivity index (χ1n) is 8.84. The molecule has 5 heteroatoms. The maximum Gasteiger partial charge on any atom is 0.329 e. The summed E-state index contributed by atoms with van der Waals surface area (Å²) in [6.45, 7) is 0.238. The quantitative estimate of drug-likeness (QED) is 0.454. The number of nitrogens with zero attached hydrogens (tertiary/aromatic N) is 1. The van der Waals surface area contributed by atoms with Crippen LogP contribution >= 0.6 is 15.9 Å². The van der Waals surface area contributed by atoms with Gasteiger partial charge in [-0.1, -0.05) is 82.7 Å². The zero-order valence-electron chi connectivity index (χ0n) is 14.9. The lowest BCUT2D eigenvalue weighted by atomic mass is 10.0. The summed E-state index contributed by atoms with van der Waals surface area (Å²) < 4.78 is 0.952. The van der Waals surface area contributed by atoms with E-state index in [0.29, 0.717) is 0 Å². The molecular weight excluding hydrogens is 416 g/mol. The fourth-order valence-corrected chi connectivity index (χ4v) is 3.32. The molecule has 1 heterocycles. The molecule has 0 unspecified atom stereocenters. The first kappa shape index (κ1) is 18.2. The third-order valence-electron chi connectivity index (χ3n) is 4.55. The van der Waals surface area contributed by atoms with Gasteiger partial charge in [-0.3, -0.25) is 9.69 Å². The zero-order valence-corrected chi connectivity index (χ0v) is 16.5. The van der Waals surface area contributed by atoms with Crippen LogP contribution in [0.15, 0.2) is 89.0 Å². The lowest BCUT2D eigenvalue weighted by Crippen LogP contribution is -2.30. The molecule has 1 aliphatic heterocycles. The van der Waals surface area contributed by atoms with Crippen LogP contribution in [0.5, 0.6) is 0 Å². The second-order valence-corrected chi connectivity index (χ2v) is 7.41. The summed E-state index contributed by atoms with van der Waals surface area (Å²) in [5.74, 6) is -0.319. The van der Waals surface area contributed by atoms with Gasteiger partial charge in [0.2, 0.25) is 0 Å². The van der Waals surface area contributed by atoms with Crippen LogP contribution in [0.3, 0.4) is 0 Å². The fraction of sp³-hybridized carbons (Fsp3) is 0.0435. The summed E-state index contributed by atoms with van der Waals surface area (Å²) in [6, 6.07) is 25.1. The van der Waals surface area contributed by atoms with Crippen molar-refractivity contribution in [2.45, 2.75) is 6.54 Å². The minimum Gasteiger partial charge on any atom is -0.303 e. The number of urea groups is 1. The summed E-state index contributed by atoms with van der Waals surface area (Å²) in [6.07, 6.45) is 1.70. The normalized spacial score (nSPS) is 15.2. The number of carbonyl (C=O) groups is 2. The van der Waals surface area contributed by atoms with Crippen LogP contribution in [-0.2, 0) is 11.3 Å². The molecule has 4 nitrogen and oxygen atoms in total. The van der Waals surface area contributed by atoms with E-state index >= 15 is 0 Å². The fourth-order valence-electron chi connectivity index (χ4n) is 3.06. The van der Waals surface area contributed by atoms with Gasteiger partial charge in [0.05, 0.1) is 6.54 Å². The van der Waals surface area contributed by atoms with E-state index < -0.39 is 6.03 Å². The average molecular weight is 433 g/mol. The Morgan fingerprint density at radius 3 is 2.14 bits per heavy atom. The molecule has 0 aliphatic carbocycles. The molecule has 3 aromatic carbocycles. The standard InChI is InChI=1S/C23H17BrN2O2/c24-20-12-8-17(9-13-20)15-26-22(27)21(25-23(26)28)14-16-6-10-19(11-7-16)18-4-2-1-3-5-18/h1-14H,15H2,(H,25,28)/b21-14+. The molecule has 3 aromatic rings. The average Bonchev–Trinajstić information content (AvgIpc) is 2.98. The van der Waals surface area contributed by atoms with Gasteiger partial charge in [-0.2, -0.15) is 0 Å². The van der Waals surface area contributed by atoms with Gasteiger partial charge in [0, 0.05) is 4.47 Å². The predicted octanol–water partition coefficient (Wildman–Crippen LogP) is 5.21. The molecule has 1 saturated heterocycles. The van der Waals surface area contributed by atoms with Crippen LogP contribution in [0.25, 0.3) is 17.2 Å². The molecule has 1 fully saturated rings. The summed E-state index contributed by atoms with van der Waals surface area (Å²) in [5.41, 5.74) is 4.26. The van der Waals surface area contributed by atoms with Crippen molar-refractivity contribution in [3.63, 3.8) is 0 Å². The molecule has 4 rings (SSSR count). The molecule has 1 aliphatic rings. The Labute approximate surface area is 171 Å². The van der Waals surface area contributed by atoms with Gasteiger partial charge >= 0.3 is 6.03 Å². The highest BCUT2D eigenvalue weighted by molar-refractivity contribution is 9.10. The lowest BCUT2D eigenvalue weighted by Gasteiger charge is -2.11. The van der Waals surface area contributed by atoms with Crippen LogP contribution in [0.2, 0.25) is 0 Å². The molecule has 0 saturated carbocycles. The molecule has 0 radical (unpaired) electrons. The summed E-state index contributed by atoms with van der Waals surface area (Å²) in [4.78, 5) is 26.1. The van der Waals surface area contributed by atoms with Gasteiger partial charge in [-0.25, -0.2) is 4.79 Å². The van der Waals surface area contributed by atoms with Crippen LogP contribution in [-0.4, -0.2) is 16.8 Å². The van der Waals surface area contributed by atoms with Gasteiger partial charge in [0.25, 0.3) is 5.91 Å². The van der Waals surface area contributed by atoms with Crippen molar-refractivity contribution >= 4 is 33.9 Å². The topological polar surface area (TPSA) is 49.4 Å². The highest BCUT2D eigenvalue weighted by Crippen LogP contribution is 2.22. The molecule has 1 N–H and O–H groups in total. The largest absolute Gasteiger partial charge is 0.329 e. The summed E-state index contributed by atoms with van der Waals surface area (Å²) in [7, 11) is 0. The van der Waals surface area contributed by atoms with Crippen molar-refractivity contribution in [3.8, 4) is 11.1 Å². The predicted molar refractivity (Wildman–Crippen MR) is 113 cm³/mol. The Morgan fingerprint density at radius 1 is 0.821 bits per heavy atom. The van der Waals surface area contributed by atoms with E-state index in [0.717, 1.165) is 26.7 Å². The molecule has 0 atom stereocenters. The van der Waals surface area contributed by atoms with Gasteiger partial charge in [-0.05, 0) is 40.5 Å². The highest BCUT2D eigenvalue weighted by atomic mass is 79.9. The molecule has 28 heavy (non-hydrogen) atoms. The number of halogens is 1. The Hall–Kier alpha value is -3.18. The Kier molecular flexibility index (Phi) is 5.08. The van der Waals surface area contributed by atoms with Crippen molar-refractivity contribution in [2.24, 2.45) is 0 Å². The zero-order chi connectivity index (χ0) is 19.5. The molecule has 138 valence electrons. The van der Waals surface area contributed by atoms with Crippen molar-refractivity contribution in [1.29, 1.82) is 0 Å². The molecule has 0 bridgehead atoms. The number of benzene rings is 3. The van der Waals surface area contributed by atoms with E-state index in [1.165, 1.54) is 4.90 Å². The van der Waals surface area contributed by atoms with E-state index in [1.54, 1.807) is 6.08 Å². The molecule has 0 spiro atoms. The lowest BCUT2D eigenvalue weighted by molar-refractivity contribution is -0.123. The monoisotopic (exact) mass is 432 g/mol. The Bertz CT molecular complexity index is 1040. The Morgan fingerprint density at radius 2 is 1.46 bits per heavy atom. The maximum absolute atomic E-state index is 12.6. The SMILES string of the molecule is O=C1N/C(=C/c2ccc(-c3ccccc3)cc2)C(=O)N1Cc1ccc(Br)cc1. The number of rotatable bonds is 4. The number of amides is 3. The maximum atomic E-state index is 12.6. The van der Waals surface area contributed by atoms with Crippen LogP contribution in [0.4, 0.5) is 4.79 Å². The molecule has 3 amide bonds. The van der Waals surface area contributed by atoms with Crippen LogP contribution in [0, 0.1) is 0 Å². The van der Waals surface area contributed by atoms with Gasteiger partial charge < -0.3 is 5.32 Å². The van der Waals surface area contributed by atoms with Crippen molar-refractivity contribution in [3.05, 3.63) is 100 Å². The number of hydrogen-bond donors (Lipinski definition) is 1. The van der Waals surface area contributed by atoms with Crippen molar-refractivity contribution in [1.82, 2.24) is 10.2 Å². The highest BCUT2D eigenvalue weighted by Gasteiger charge is 2.33. The third kappa shape index (κ3) is 3.89. The second-order valence-electron chi connectivity index (χ2n) is 6.49. The van der Waals surface area contributed by atoms with E-state index in [1.807, 2.05) is 78.9 Å². The summed E-state index contributed by atoms with van der Waals surface area (Å²) in [5, 5.41) is 2.67. The van der Waals surface area contributed by atoms with Crippen LogP contribution < -0.4 is 5.32 Å². The van der Waals surface area contributed by atoms with Crippen molar-refractivity contribution in [2.75, 3.05) is 0 Å². The first-order chi connectivity index (χ1) is 13.6. The number of nitrogens with one attached hydrogen (secondary N) is 1. The Balaban J connectivity index is 1.51. The number of hydrogen-bond acceptors (Lipinski definition) is 2. The smallest absolute Gasteiger partial charge is 0.303 e. The first-order valence-corrected chi connectivity index (χ1v) is 9.64. The number of carbonyl (C=O) groups excluding carboxylic acids is 2.